The minimum atomic E-state index is 0.123. The van der Waals surface area contributed by atoms with Crippen LogP contribution >= 0.6 is 0 Å². The first-order chi connectivity index (χ1) is 27.5. The molecule has 57 heavy (non-hydrogen) atoms. The number of benzene rings is 7. The van der Waals surface area contributed by atoms with E-state index in [1.807, 2.05) is 0 Å². The second-order valence-corrected chi connectivity index (χ2v) is 17.2. The summed E-state index contributed by atoms with van der Waals surface area (Å²) in [5.74, 6) is 2.04. The van der Waals surface area contributed by atoms with Crippen LogP contribution in [0.25, 0.3) is 49.7 Å². The van der Waals surface area contributed by atoms with Crippen LogP contribution in [-0.2, 0) is 0 Å². The maximum atomic E-state index is 6.01. The summed E-state index contributed by atoms with van der Waals surface area (Å²) in [6.07, 6.45) is 1.31. The van der Waals surface area contributed by atoms with Crippen LogP contribution in [0.15, 0.2) is 170 Å². The molecule has 0 saturated carbocycles. The van der Waals surface area contributed by atoms with Crippen LogP contribution < -0.4 is 9.64 Å². The highest BCUT2D eigenvalue weighted by Crippen LogP contribution is 2.42. The molecule has 3 heteroatoms. The van der Waals surface area contributed by atoms with Crippen LogP contribution in [0.5, 0.6) is 5.75 Å². The van der Waals surface area contributed by atoms with E-state index in [0.29, 0.717) is 11.8 Å². The van der Waals surface area contributed by atoms with Gasteiger partial charge >= 0.3 is 0 Å². The Hall–Kier alpha value is -6.06. The monoisotopic (exact) mass is 746 g/mol. The number of hydrogen-bond acceptors (Lipinski definition) is 2. The highest BCUT2D eigenvalue weighted by molar-refractivity contribution is 6.11. The van der Waals surface area contributed by atoms with Crippen molar-refractivity contribution in [3.8, 4) is 33.7 Å². The standard InChI is InChI=1S/C54H54N2O/c1-37(2)34-51(54(5,6)7)41-20-18-39(19-21-41)42-24-32-52-49(35-42)50-36-43(25-33-53(50)56(52)47-28-30-48(31-29-47)57-38(3)4)40-22-26-46(27-23-40)55(44-14-10-8-11-15-44)45-16-12-9-13-17-45/h8-33,35-38,51H,34H2,1-7H3. The van der Waals surface area contributed by atoms with Gasteiger partial charge in [-0.25, -0.2) is 0 Å². The number of anilines is 3. The lowest BCUT2D eigenvalue weighted by Gasteiger charge is -2.32. The molecule has 0 saturated heterocycles. The Morgan fingerprint density at radius 2 is 0.965 bits per heavy atom. The van der Waals surface area contributed by atoms with Crippen molar-refractivity contribution < 1.29 is 4.74 Å². The molecule has 0 radical (unpaired) electrons. The van der Waals surface area contributed by atoms with Crippen molar-refractivity contribution in [2.45, 2.75) is 66.9 Å². The van der Waals surface area contributed by atoms with Crippen LogP contribution in [0.4, 0.5) is 17.1 Å². The molecule has 1 atom stereocenters. The van der Waals surface area contributed by atoms with Gasteiger partial charge in [0.05, 0.1) is 17.1 Å². The minimum absolute atomic E-state index is 0.123. The van der Waals surface area contributed by atoms with E-state index in [0.717, 1.165) is 28.5 Å². The Labute approximate surface area is 339 Å². The van der Waals surface area contributed by atoms with Gasteiger partial charge in [0.15, 0.2) is 0 Å². The molecule has 0 aliphatic carbocycles. The third-order valence-electron chi connectivity index (χ3n) is 11.1. The number of aromatic nitrogens is 1. The average Bonchev–Trinajstić information content (AvgIpc) is 3.54. The smallest absolute Gasteiger partial charge is 0.119 e. The highest BCUT2D eigenvalue weighted by atomic mass is 16.5. The lowest BCUT2D eigenvalue weighted by atomic mass is 9.72. The van der Waals surface area contributed by atoms with Crippen LogP contribution in [0.2, 0.25) is 0 Å². The minimum Gasteiger partial charge on any atom is -0.491 e. The summed E-state index contributed by atoms with van der Waals surface area (Å²) in [6.45, 7) is 15.9. The summed E-state index contributed by atoms with van der Waals surface area (Å²) in [5.41, 5.74) is 13.3. The highest BCUT2D eigenvalue weighted by Gasteiger charge is 2.27. The first-order valence-corrected chi connectivity index (χ1v) is 20.5. The molecule has 1 unspecified atom stereocenters. The fourth-order valence-electron chi connectivity index (χ4n) is 8.38. The molecule has 3 nitrogen and oxygen atoms in total. The zero-order valence-electron chi connectivity index (χ0n) is 34.4. The molecule has 8 aromatic rings. The van der Waals surface area contributed by atoms with Crippen LogP contribution in [0.3, 0.4) is 0 Å². The van der Waals surface area contributed by atoms with Gasteiger partial charge in [-0.2, -0.15) is 0 Å². The SMILES string of the molecule is CC(C)CC(c1ccc(-c2ccc3c(c2)c2cc(-c4ccc(N(c5ccccc5)c5ccccc5)cc4)ccc2n3-c2ccc(OC(C)C)cc2)cc1)C(C)(C)C. The average molecular weight is 747 g/mol. The lowest BCUT2D eigenvalue weighted by Crippen LogP contribution is -2.20. The van der Waals surface area contributed by atoms with Crippen LogP contribution in [0.1, 0.15) is 66.4 Å². The molecule has 7 aromatic carbocycles. The summed E-state index contributed by atoms with van der Waals surface area (Å²) in [6, 6.07) is 61.9. The number of nitrogens with zero attached hydrogens (tertiary/aromatic N) is 2. The molecule has 0 N–H and O–H groups in total. The van der Waals surface area contributed by atoms with E-state index in [-0.39, 0.29) is 11.5 Å². The fourth-order valence-corrected chi connectivity index (χ4v) is 8.38. The van der Waals surface area contributed by atoms with Gasteiger partial charge in [-0.15, -0.1) is 0 Å². The van der Waals surface area contributed by atoms with Gasteiger partial charge in [0.25, 0.3) is 0 Å². The zero-order valence-corrected chi connectivity index (χ0v) is 34.4. The number of fused-ring (bicyclic) bond motifs is 3. The lowest BCUT2D eigenvalue weighted by molar-refractivity contribution is 0.242. The van der Waals surface area contributed by atoms with Crippen molar-refractivity contribution >= 4 is 38.9 Å². The number of hydrogen-bond donors (Lipinski definition) is 0. The summed E-state index contributed by atoms with van der Waals surface area (Å²) in [5, 5.41) is 2.46. The second kappa shape index (κ2) is 15.8. The van der Waals surface area contributed by atoms with Gasteiger partial charge in [-0.05, 0) is 150 Å². The molecule has 0 spiro atoms. The van der Waals surface area contributed by atoms with Crippen molar-refractivity contribution in [2.24, 2.45) is 11.3 Å². The summed E-state index contributed by atoms with van der Waals surface area (Å²) >= 11 is 0. The van der Waals surface area contributed by atoms with Gasteiger partial charge in [0.2, 0.25) is 0 Å². The Morgan fingerprint density at radius 3 is 1.42 bits per heavy atom. The van der Waals surface area contributed by atoms with Crippen molar-refractivity contribution in [3.05, 3.63) is 175 Å². The van der Waals surface area contributed by atoms with E-state index >= 15 is 0 Å². The van der Waals surface area contributed by atoms with Gasteiger partial charge < -0.3 is 14.2 Å². The fraction of sp³-hybridized carbons (Fsp3) is 0.222. The molecule has 0 fully saturated rings. The normalized spacial score (nSPS) is 12.4. The molecular formula is C54H54N2O. The van der Waals surface area contributed by atoms with Gasteiger partial charge in [-0.1, -0.05) is 120 Å². The molecule has 286 valence electrons. The quantitative estimate of drug-likeness (QED) is 0.131. The van der Waals surface area contributed by atoms with E-state index in [2.05, 4.69) is 228 Å². The Balaban J connectivity index is 1.21. The van der Waals surface area contributed by atoms with E-state index in [1.54, 1.807) is 0 Å². The van der Waals surface area contributed by atoms with Crippen molar-refractivity contribution in [3.63, 3.8) is 0 Å². The second-order valence-electron chi connectivity index (χ2n) is 17.2. The largest absolute Gasteiger partial charge is 0.491 e. The maximum absolute atomic E-state index is 6.01. The van der Waals surface area contributed by atoms with Gasteiger partial charge in [0.1, 0.15) is 5.75 Å². The topological polar surface area (TPSA) is 17.4 Å². The van der Waals surface area contributed by atoms with E-state index in [1.165, 1.54) is 56.0 Å². The van der Waals surface area contributed by atoms with Gasteiger partial charge in [0, 0.05) is 33.5 Å². The summed E-state index contributed by atoms with van der Waals surface area (Å²) in [7, 11) is 0. The predicted molar refractivity (Wildman–Crippen MR) is 244 cm³/mol. The van der Waals surface area contributed by atoms with Crippen molar-refractivity contribution in [1.29, 1.82) is 0 Å². The maximum Gasteiger partial charge on any atom is 0.119 e. The number of ether oxygens (including phenoxy) is 1. The summed E-state index contributed by atoms with van der Waals surface area (Å²) < 4.78 is 8.40. The first-order valence-electron chi connectivity index (χ1n) is 20.5. The Kier molecular flexibility index (Phi) is 10.5. The van der Waals surface area contributed by atoms with Gasteiger partial charge in [-0.3, -0.25) is 0 Å². The summed E-state index contributed by atoms with van der Waals surface area (Å²) in [4.78, 5) is 2.31. The molecule has 0 bridgehead atoms. The van der Waals surface area contributed by atoms with Crippen molar-refractivity contribution in [1.82, 2.24) is 4.57 Å². The molecular weight excluding hydrogens is 693 g/mol. The Bertz CT molecular complexity index is 2540. The van der Waals surface area contributed by atoms with E-state index in [9.17, 15) is 0 Å². The molecule has 0 aliphatic heterocycles. The third kappa shape index (κ3) is 7.98. The third-order valence-corrected chi connectivity index (χ3v) is 11.1. The first kappa shape index (κ1) is 37.8. The van der Waals surface area contributed by atoms with Crippen LogP contribution in [0, 0.1) is 11.3 Å². The van der Waals surface area contributed by atoms with E-state index in [4.69, 9.17) is 4.74 Å². The predicted octanol–water partition coefficient (Wildman–Crippen LogP) is 15.6. The molecule has 8 rings (SSSR count). The number of para-hydroxylation sites is 2. The molecule has 0 aliphatic rings. The molecule has 0 amide bonds. The Morgan fingerprint density at radius 1 is 0.509 bits per heavy atom. The molecule has 1 heterocycles. The number of rotatable bonds is 11. The zero-order chi connectivity index (χ0) is 39.7. The molecule has 1 aromatic heterocycles. The van der Waals surface area contributed by atoms with Crippen LogP contribution in [-0.4, -0.2) is 10.7 Å². The van der Waals surface area contributed by atoms with E-state index < -0.39 is 0 Å². The van der Waals surface area contributed by atoms with Crippen molar-refractivity contribution in [2.75, 3.05) is 4.90 Å².